The average molecular weight is 245 g/mol. The monoisotopic (exact) mass is 245 g/mol. The molecule has 0 radical (unpaired) electrons. The fourth-order valence-corrected chi connectivity index (χ4v) is 1.58. The molecule has 0 saturated heterocycles. The zero-order chi connectivity index (χ0) is 13.4. The lowest BCUT2D eigenvalue weighted by atomic mass is 10.1. The highest BCUT2D eigenvalue weighted by Crippen LogP contribution is 2.03. The van der Waals surface area contributed by atoms with Gasteiger partial charge in [-0.15, -0.1) is 0 Å². The van der Waals surface area contributed by atoms with Gasteiger partial charge in [-0.25, -0.2) is 0 Å². The van der Waals surface area contributed by atoms with Gasteiger partial charge in [0.15, 0.2) is 0 Å². The number of carbonyl (C=O) groups excluding carboxylic acids is 1. The third-order valence-corrected chi connectivity index (χ3v) is 2.36. The lowest BCUT2D eigenvalue weighted by Gasteiger charge is -2.09. The summed E-state index contributed by atoms with van der Waals surface area (Å²) >= 11 is 0. The first kappa shape index (κ1) is 14.2. The highest BCUT2D eigenvalue weighted by molar-refractivity contribution is 5.76. The molecule has 4 nitrogen and oxygen atoms in total. The van der Waals surface area contributed by atoms with Crippen LogP contribution in [0.4, 0.5) is 0 Å². The van der Waals surface area contributed by atoms with Crippen molar-refractivity contribution in [2.75, 3.05) is 6.54 Å². The highest BCUT2D eigenvalue weighted by Gasteiger charge is 2.02. The summed E-state index contributed by atoms with van der Waals surface area (Å²) in [5, 5.41) is 14.8. The van der Waals surface area contributed by atoms with Gasteiger partial charge in [-0.1, -0.05) is 12.1 Å². The van der Waals surface area contributed by atoms with E-state index in [1.54, 1.807) is 6.07 Å². The minimum Gasteiger partial charge on any atom is -0.354 e. The Bertz CT molecular complexity index is 435. The van der Waals surface area contributed by atoms with Crippen molar-refractivity contribution in [3.05, 3.63) is 35.4 Å². The van der Waals surface area contributed by atoms with Crippen LogP contribution in [-0.2, 0) is 11.3 Å². The molecule has 0 aliphatic rings. The SMILES string of the molecule is CC(C)NC(=O)CCNCc1cccc(C#N)c1. The molecule has 0 aromatic heterocycles. The second-order valence-electron chi connectivity index (χ2n) is 4.46. The largest absolute Gasteiger partial charge is 0.354 e. The molecular weight excluding hydrogens is 226 g/mol. The number of nitrogens with zero attached hydrogens (tertiary/aromatic N) is 1. The molecule has 0 atom stereocenters. The van der Waals surface area contributed by atoms with Gasteiger partial charge in [0.05, 0.1) is 11.6 Å². The molecule has 0 unspecified atom stereocenters. The summed E-state index contributed by atoms with van der Waals surface area (Å²) in [4.78, 5) is 11.4. The Hall–Kier alpha value is -1.86. The molecular formula is C14H19N3O. The first-order chi connectivity index (χ1) is 8.61. The molecule has 0 spiro atoms. The van der Waals surface area contributed by atoms with E-state index >= 15 is 0 Å². The Morgan fingerprint density at radius 3 is 2.89 bits per heavy atom. The van der Waals surface area contributed by atoms with Gasteiger partial charge < -0.3 is 10.6 Å². The Morgan fingerprint density at radius 2 is 2.22 bits per heavy atom. The Balaban J connectivity index is 2.25. The lowest BCUT2D eigenvalue weighted by molar-refractivity contribution is -0.121. The molecule has 0 aliphatic heterocycles. The molecule has 4 heteroatoms. The summed E-state index contributed by atoms with van der Waals surface area (Å²) in [7, 11) is 0. The van der Waals surface area contributed by atoms with Gasteiger partial charge in [-0.3, -0.25) is 4.79 Å². The van der Waals surface area contributed by atoms with Crippen molar-refractivity contribution in [3.8, 4) is 6.07 Å². The van der Waals surface area contributed by atoms with E-state index in [-0.39, 0.29) is 11.9 Å². The molecule has 2 N–H and O–H groups in total. The van der Waals surface area contributed by atoms with Crippen LogP contribution in [0.5, 0.6) is 0 Å². The highest BCUT2D eigenvalue weighted by atomic mass is 16.1. The number of rotatable bonds is 6. The Morgan fingerprint density at radius 1 is 1.44 bits per heavy atom. The van der Waals surface area contributed by atoms with E-state index in [1.807, 2.05) is 32.0 Å². The first-order valence-corrected chi connectivity index (χ1v) is 6.11. The maximum atomic E-state index is 11.4. The fourth-order valence-electron chi connectivity index (χ4n) is 1.58. The van der Waals surface area contributed by atoms with Crippen LogP contribution in [-0.4, -0.2) is 18.5 Å². The van der Waals surface area contributed by atoms with E-state index < -0.39 is 0 Å². The van der Waals surface area contributed by atoms with Gasteiger partial charge in [0.1, 0.15) is 0 Å². The van der Waals surface area contributed by atoms with Crippen molar-refractivity contribution in [2.24, 2.45) is 0 Å². The average Bonchev–Trinajstić information content (AvgIpc) is 2.34. The summed E-state index contributed by atoms with van der Waals surface area (Å²) in [6.45, 7) is 5.19. The molecule has 0 aliphatic carbocycles. The number of nitrogens with one attached hydrogen (secondary N) is 2. The molecule has 1 amide bonds. The van der Waals surface area contributed by atoms with Gasteiger partial charge in [0.2, 0.25) is 5.91 Å². The summed E-state index contributed by atoms with van der Waals surface area (Å²) in [5.74, 6) is 0.0586. The van der Waals surface area contributed by atoms with E-state index in [9.17, 15) is 4.79 Å². The number of nitriles is 1. The van der Waals surface area contributed by atoms with Crippen molar-refractivity contribution in [3.63, 3.8) is 0 Å². The minimum absolute atomic E-state index is 0.0586. The van der Waals surface area contributed by atoms with Crippen molar-refractivity contribution < 1.29 is 4.79 Å². The Labute approximate surface area is 108 Å². The predicted octanol–water partition coefficient (Wildman–Crippen LogP) is 1.56. The van der Waals surface area contributed by atoms with Gasteiger partial charge in [-0.05, 0) is 31.5 Å². The van der Waals surface area contributed by atoms with Crippen molar-refractivity contribution in [1.82, 2.24) is 10.6 Å². The van der Waals surface area contributed by atoms with Gasteiger partial charge in [0.25, 0.3) is 0 Å². The van der Waals surface area contributed by atoms with Crippen LogP contribution in [0.2, 0.25) is 0 Å². The fraction of sp³-hybridized carbons (Fsp3) is 0.429. The third-order valence-electron chi connectivity index (χ3n) is 2.36. The topological polar surface area (TPSA) is 64.9 Å². The van der Waals surface area contributed by atoms with Crippen LogP contribution in [0.3, 0.4) is 0 Å². The van der Waals surface area contributed by atoms with E-state index in [0.29, 0.717) is 25.1 Å². The molecule has 0 fully saturated rings. The molecule has 0 saturated carbocycles. The van der Waals surface area contributed by atoms with E-state index in [1.165, 1.54) is 0 Å². The van der Waals surface area contributed by atoms with Gasteiger partial charge in [-0.2, -0.15) is 5.26 Å². The van der Waals surface area contributed by atoms with E-state index in [4.69, 9.17) is 5.26 Å². The Kier molecular flexibility index (Phi) is 5.89. The quantitative estimate of drug-likeness (QED) is 0.748. The van der Waals surface area contributed by atoms with Crippen LogP contribution in [0.15, 0.2) is 24.3 Å². The van der Waals surface area contributed by atoms with Crippen LogP contribution in [0.25, 0.3) is 0 Å². The molecule has 1 aromatic carbocycles. The number of benzene rings is 1. The maximum Gasteiger partial charge on any atom is 0.221 e. The summed E-state index contributed by atoms with van der Waals surface area (Å²) in [5.41, 5.74) is 1.71. The number of amides is 1. The van der Waals surface area contributed by atoms with Crippen LogP contribution < -0.4 is 10.6 Å². The molecule has 18 heavy (non-hydrogen) atoms. The summed E-state index contributed by atoms with van der Waals surface area (Å²) in [6.07, 6.45) is 0.468. The molecule has 0 heterocycles. The van der Waals surface area contributed by atoms with E-state index in [0.717, 1.165) is 5.56 Å². The van der Waals surface area contributed by atoms with Crippen molar-refractivity contribution in [1.29, 1.82) is 5.26 Å². The molecule has 0 bridgehead atoms. The second kappa shape index (κ2) is 7.46. The van der Waals surface area contributed by atoms with E-state index in [2.05, 4.69) is 16.7 Å². The van der Waals surface area contributed by atoms with Gasteiger partial charge >= 0.3 is 0 Å². The number of hydrogen-bond donors (Lipinski definition) is 2. The number of hydrogen-bond acceptors (Lipinski definition) is 3. The summed E-state index contributed by atoms with van der Waals surface area (Å²) in [6, 6.07) is 9.74. The third kappa shape index (κ3) is 5.46. The zero-order valence-corrected chi connectivity index (χ0v) is 10.9. The number of carbonyl (C=O) groups is 1. The smallest absolute Gasteiger partial charge is 0.221 e. The maximum absolute atomic E-state index is 11.4. The molecule has 96 valence electrons. The second-order valence-corrected chi connectivity index (χ2v) is 4.46. The lowest BCUT2D eigenvalue weighted by Crippen LogP contribution is -2.32. The van der Waals surface area contributed by atoms with Crippen LogP contribution >= 0.6 is 0 Å². The summed E-state index contributed by atoms with van der Waals surface area (Å²) < 4.78 is 0. The minimum atomic E-state index is 0.0586. The molecule has 1 rings (SSSR count). The normalized spacial score (nSPS) is 10.1. The zero-order valence-electron chi connectivity index (χ0n) is 10.9. The van der Waals surface area contributed by atoms with Crippen LogP contribution in [0.1, 0.15) is 31.4 Å². The standard InChI is InChI=1S/C14H19N3O/c1-11(2)17-14(18)6-7-16-10-13-5-3-4-12(8-13)9-15/h3-5,8,11,16H,6-7,10H2,1-2H3,(H,17,18). The first-order valence-electron chi connectivity index (χ1n) is 6.11. The van der Waals surface area contributed by atoms with Crippen molar-refractivity contribution in [2.45, 2.75) is 32.9 Å². The van der Waals surface area contributed by atoms with Crippen molar-refractivity contribution >= 4 is 5.91 Å². The predicted molar refractivity (Wildman–Crippen MR) is 70.8 cm³/mol. The molecule has 1 aromatic rings. The van der Waals surface area contributed by atoms with Crippen LogP contribution in [0, 0.1) is 11.3 Å². The van der Waals surface area contributed by atoms with Gasteiger partial charge in [0, 0.05) is 25.6 Å².